The first-order chi connectivity index (χ1) is 23.5. The number of oxazole rings is 1. The zero-order valence-corrected chi connectivity index (χ0v) is 30.2. The van der Waals surface area contributed by atoms with Gasteiger partial charge in [-0.3, -0.25) is 9.80 Å². The Bertz CT molecular complexity index is 2090. The number of nitrogens with one attached hydrogen (secondary N) is 1. The number of aromatic amines is 1. The third-order valence-electron chi connectivity index (χ3n) is 10.3. The number of benzene rings is 3. The third kappa shape index (κ3) is 5.88. The molecule has 3 aromatic carbocycles. The van der Waals surface area contributed by atoms with Crippen LogP contribution >= 0.6 is 0 Å². The zero-order chi connectivity index (χ0) is 35.7. The van der Waals surface area contributed by atoms with Gasteiger partial charge in [0.05, 0.1) is 11.0 Å². The number of nitrogens with zero attached hydrogens (tertiary/aromatic N) is 4. The number of hydrogen-bond acceptors (Lipinski definition) is 6. The molecular formula is C40H47N5O5. The lowest BCUT2D eigenvalue weighted by Crippen LogP contribution is -2.53. The molecule has 2 aliphatic rings. The number of imidazole rings is 1. The topological polar surface area (TPSA) is 125 Å². The Morgan fingerprint density at radius 2 is 1.48 bits per heavy atom. The number of likely N-dealkylation sites (tertiary alicyclic amines) is 2. The van der Waals surface area contributed by atoms with Crippen LogP contribution in [-0.4, -0.2) is 60.7 Å². The molecule has 0 aliphatic carbocycles. The molecule has 2 amide bonds. The van der Waals surface area contributed by atoms with Gasteiger partial charge < -0.3 is 19.2 Å². The summed E-state index contributed by atoms with van der Waals surface area (Å²) in [5.74, 6) is 1.77. The Morgan fingerprint density at radius 3 is 2.10 bits per heavy atom. The van der Waals surface area contributed by atoms with Gasteiger partial charge in [-0.15, -0.1) is 0 Å². The number of H-pyrrole nitrogens is 1. The van der Waals surface area contributed by atoms with Crippen LogP contribution in [0.1, 0.15) is 86.0 Å². The Hall–Kier alpha value is -4.86. The molecule has 2 aromatic heterocycles. The van der Waals surface area contributed by atoms with E-state index in [1.54, 1.807) is 9.80 Å². The van der Waals surface area contributed by atoms with Crippen LogP contribution in [0.15, 0.2) is 65.1 Å². The summed E-state index contributed by atoms with van der Waals surface area (Å²) < 4.78 is 12.0. The molecule has 2 saturated heterocycles. The molecule has 0 unspecified atom stereocenters. The van der Waals surface area contributed by atoms with E-state index in [4.69, 9.17) is 19.1 Å². The Labute approximate surface area is 292 Å². The van der Waals surface area contributed by atoms with E-state index in [0.29, 0.717) is 42.7 Å². The number of carboxylic acid groups (broad SMARTS) is 1. The van der Waals surface area contributed by atoms with Crippen molar-refractivity contribution < 1.29 is 23.8 Å². The molecule has 2 fully saturated rings. The lowest BCUT2D eigenvalue weighted by atomic mass is 9.70. The average Bonchev–Trinajstić information content (AvgIpc) is 3.82. The first-order valence-corrected chi connectivity index (χ1v) is 17.5. The van der Waals surface area contributed by atoms with Crippen molar-refractivity contribution in [1.82, 2.24) is 24.8 Å². The fraction of sp³-hybridized carbons (Fsp3) is 0.450. The lowest BCUT2D eigenvalue weighted by molar-refractivity contribution is 0.0200. The highest BCUT2D eigenvalue weighted by atomic mass is 16.6. The molecule has 4 heterocycles. The minimum atomic E-state index is -0.915. The van der Waals surface area contributed by atoms with Gasteiger partial charge in [0.2, 0.25) is 5.89 Å². The third-order valence-corrected chi connectivity index (χ3v) is 10.3. The summed E-state index contributed by atoms with van der Waals surface area (Å²) in [4.78, 5) is 42.0. The lowest BCUT2D eigenvalue weighted by Gasteiger charge is -2.45. The van der Waals surface area contributed by atoms with Crippen LogP contribution in [0.4, 0.5) is 9.59 Å². The molecular weight excluding hydrogens is 630 g/mol. The van der Waals surface area contributed by atoms with E-state index in [0.717, 1.165) is 45.2 Å². The average molecular weight is 678 g/mol. The highest BCUT2D eigenvalue weighted by molar-refractivity contribution is 5.84. The van der Waals surface area contributed by atoms with Crippen LogP contribution in [0.2, 0.25) is 0 Å². The maximum Gasteiger partial charge on any atom is 0.410 e. The molecule has 2 N–H and O–H groups in total. The van der Waals surface area contributed by atoms with Gasteiger partial charge in [-0.05, 0) is 97.4 Å². The second-order valence-electron chi connectivity index (χ2n) is 16.4. The summed E-state index contributed by atoms with van der Waals surface area (Å²) >= 11 is 0. The first-order valence-electron chi connectivity index (χ1n) is 17.5. The number of carbonyl (C=O) groups is 2. The second-order valence-corrected chi connectivity index (χ2v) is 16.4. The molecule has 5 aromatic rings. The van der Waals surface area contributed by atoms with E-state index in [2.05, 4.69) is 76.0 Å². The maximum absolute atomic E-state index is 13.0. The highest BCUT2D eigenvalue weighted by Crippen LogP contribution is 2.52. The first kappa shape index (κ1) is 33.6. The molecule has 0 spiro atoms. The fourth-order valence-electron chi connectivity index (χ4n) is 7.99. The number of fused-ring (bicyclic) bond motifs is 2. The zero-order valence-electron chi connectivity index (χ0n) is 30.2. The maximum atomic E-state index is 13.0. The van der Waals surface area contributed by atoms with Crippen molar-refractivity contribution in [2.24, 2.45) is 17.3 Å². The van der Waals surface area contributed by atoms with Crippen LogP contribution in [0.5, 0.6) is 0 Å². The van der Waals surface area contributed by atoms with Crippen molar-refractivity contribution in [3.63, 3.8) is 0 Å². The summed E-state index contributed by atoms with van der Waals surface area (Å²) in [7, 11) is 0. The van der Waals surface area contributed by atoms with Crippen LogP contribution in [0.3, 0.4) is 0 Å². The molecule has 7 rings (SSSR count). The van der Waals surface area contributed by atoms with E-state index in [-0.39, 0.29) is 23.5 Å². The van der Waals surface area contributed by atoms with Crippen LogP contribution < -0.4 is 0 Å². The number of amides is 2. The van der Waals surface area contributed by atoms with Crippen LogP contribution in [0.25, 0.3) is 44.4 Å². The van der Waals surface area contributed by atoms with Crippen LogP contribution in [-0.2, 0) is 10.3 Å². The molecule has 4 atom stereocenters. The van der Waals surface area contributed by atoms with Crippen LogP contribution in [0, 0.1) is 17.3 Å². The molecule has 262 valence electrons. The van der Waals surface area contributed by atoms with Gasteiger partial charge in [-0.1, -0.05) is 71.0 Å². The minimum absolute atomic E-state index is 0.227. The van der Waals surface area contributed by atoms with Gasteiger partial charge in [0, 0.05) is 13.1 Å². The Morgan fingerprint density at radius 1 is 0.860 bits per heavy atom. The minimum Gasteiger partial charge on any atom is -0.465 e. The second kappa shape index (κ2) is 11.9. The number of hydrogen-bond donors (Lipinski definition) is 2. The number of rotatable bonds is 4. The monoisotopic (exact) mass is 677 g/mol. The van der Waals surface area contributed by atoms with Crippen molar-refractivity contribution in [2.75, 3.05) is 13.1 Å². The predicted octanol–water partition coefficient (Wildman–Crippen LogP) is 9.62. The molecule has 0 radical (unpaired) electrons. The van der Waals surface area contributed by atoms with E-state index in [1.807, 2.05) is 45.0 Å². The SMILES string of the molecule is C[C@@H]1CN(C(=O)O)[C@](c2nc3ccc(-c4ccc(-c5ccc6nc([C@@H]7C[C@H](C)CN7C(=O)OC(C)(C)C)oc6c5)cc4)cc3[nH]2)(C(C)(C)C)C1. The summed E-state index contributed by atoms with van der Waals surface area (Å²) in [5, 5.41) is 10.2. The number of ether oxygens (including phenoxy) is 1. The van der Waals surface area contributed by atoms with E-state index in [9.17, 15) is 14.7 Å². The van der Waals surface area contributed by atoms with Crippen molar-refractivity contribution in [1.29, 1.82) is 0 Å². The van der Waals surface area contributed by atoms with E-state index >= 15 is 0 Å². The van der Waals surface area contributed by atoms with Crippen molar-refractivity contribution >= 4 is 34.3 Å². The summed E-state index contributed by atoms with van der Waals surface area (Å²) in [6.07, 6.45) is 0.220. The quantitative estimate of drug-likeness (QED) is 0.194. The molecule has 2 aliphatic heterocycles. The number of aromatic nitrogens is 3. The summed E-state index contributed by atoms with van der Waals surface area (Å²) in [6, 6.07) is 20.3. The van der Waals surface area contributed by atoms with Gasteiger partial charge in [-0.2, -0.15) is 0 Å². The molecule has 10 nitrogen and oxygen atoms in total. The standard InChI is InChI=1S/C40H47N5O5/c1-23-17-32(44(21-23)37(48)50-39(6,7)8)34-41-30-16-14-28(19-33(30)49-34)26-11-9-25(10-12-26)27-13-15-29-31(18-27)43-35(42-29)40(38(3,4)5)20-24(2)22-45(40)36(46)47/h9-16,18-19,23-24,32H,17,20-22H2,1-8H3,(H,42,43)(H,46,47)/t23-,24-,32-,40+/m0/s1. The van der Waals surface area contributed by atoms with Gasteiger partial charge in [0.15, 0.2) is 5.58 Å². The van der Waals surface area contributed by atoms with Gasteiger partial charge >= 0.3 is 12.2 Å². The summed E-state index contributed by atoms with van der Waals surface area (Å²) in [6.45, 7) is 17.2. The Kier molecular flexibility index (Phi) is 7.99. The normalized spacial score (nSPS) is 22.9. The molecule has 0 bridgehead atoms. The molecule has 50 heavy (non-hydrogen) atoms. The van der Waals surface area contributed by atoms with E-state index in [1.165, 1.54) is 0 Å². The van der Waals surface area contributed by atoms with Crippen molar-refractivity contribution in [2.45, 2.75) is 85.4 Å². The van der Waals surface area contributed by atoms with Crippen molar-refractivity contribution in [3.05, 3.63) is 72.4 Å². The molecule has 0 saturated carbocycles. The fourth-order valence-corrected chi connectivity index (χ4v) is 7.99. The predicted molar refractivity (Wildman–Crippen MR) is 194 cm³/mol. The number of carbonyl (C=O) groups excluding carboxylic acids is 1. The van der Waals surface area contributed by atoms with Gasteiger partial charge in [0.25, 0.3) is 0 Å². The summed E-state index contributed by atoms with van der Waals surface area (Å²) in [5.41, 5.74) is 5.56. The Balaban J connectivity index is 1.14. The largest absolute Gasteiger partial charge is 0.465 e. The van der Waals surface area contributed by atoms with E-state index < -0.39 is 17.2 Å². The van der Waals surface area contributed by atoms with Crippen molar-refractivity contribution in [3.8, 4) is 22.3 Å². The molecule has 10 heteroatoms. The van der Waals surface area contributed by atoms with Gasteiger partial charge in [-0.25, -0.2) is 19.6 Å². The van der Waals surface area contributed by atoms with Gasteiger partial charge in [0.1, 0.15) is 28.5 Å². The highest BCUT2D eigenvalue weighted by Gasteiger charge is 2.57. The smallest absolute Gasteiger partial charge is 0.410 e.